The number of anilines is 2. The van der Waals surface area contributed by atoms with Crippen LogP contribution in [0.25, 0.3) is 10.2 Å². The first-order valence-corrected chi connectivity index (χ1v) is 9.44. The van der Waals surface area contributed by atoms with Crippen LogP contribution in [-0.2, 0) is 9.59 Å². The van der Waals surface area contributed by atoms with E-state index in [0.717, 1.165) is 20.9 Å². The molecule has 0 saturated carbocycles. The SMILES string of the molecule is CC(Sc1ncnc2ccsc12)C(=O)N1CC(=O)Nc2ccccc21. The van der Waals surface area contributed by atoms with Gasteiger partial charge in [0, 0.05) is 0 Å². The van der Waals surface area contributed by atoms with Gasteiger partial charge in [-0.3, -0.25) is 14.5 Å². The summed E-state index contributed by atoms with van der Waals surface area (Å²) in [5.74, 6) is -0.303. The number of rotatable bonds is 3. The van der Waals surface area contributed by atoms with Gasteiger partial charge in [-0.05, 0) is 30.5 Å². The number of amides is 2. The number of thioether (sulfide) groups is 1. The van der Waals surface area contributed by atoms with E-state index in [1.807, 2.05) is 36.6 Å². The Kier molecular flexibility index (Phi) is 4.14. The lowest BCUT2D eigenvalue weighted by molar-refractivity contribution is -0.121. The minimum Gasteiger partial charge on any atom is -0.323 e. The van der Waals surface area contributed by atoms with Gasteiger partial charge < -0.3 is 5.32 Å². The number of aromatic nitrogens is 2. The van der Waals surface area contributed by atoms with Crippen LogP contribution < -0.4 is 10.2 Å². The number of carbonyl (C=O) groups is 2. The Morgan fingerprint density at radius 1 is 1.32 bits per heavy atom. The van der Waals surface area contributed by atoms with Crippen LogP contribution in [0.5, 0.6) is 0 Å². The maximum absolute atomic E-state index is 13.0. The molecule has 3 heterocycles. The van der Waals surface area contributed by atoms with Gasteiger partial charge in [-0.15, -0.1) is 11.3 Å². The minimum absolute atomic E-state index is 0.0267. The number of thiophene rings is 1. The number of hydrogen-bond donors (Lipinski definition) is 1. The third kappa shape index (κ3) is 2.98. The number of fused-ring (bicyclic) bond motifs is 2. The summed E-state index contributed by atoms with van der Waals surface area (Å²) in [6, 6.07) is 9.26. The third-order valence-electron chi connectivity index (χ3n) is 3.88. The quantitative estimate of drug-likeness (QED) is 0.566. The molecule has 2 aromatic heterocycles. The Labute approximate surface area is 152 Å². The first-order valence-electron chi connectivity index (χ1n) is 7.68. The molecule has 0 saturated heterocycles. The molecule has 6 nitrogen and oxygen atoms in total. The van der Waals surface area contributed by atoms with Crippen LogP contribution in [0, 0.1) is 0 Å². The number of hydrogen-bond acceptors (Lipinski definition) is 6. The topological polar surface area (TPSA) is 75.2 Å². The average molecular weight is 370 g/mol. The molecule has 0 fully saturated rings. The summed E-state index contributed by atoms with van der Waals surface area (Å²) in [4.78, 5) is 35.0. The van der Waals surface area contributed by atoms with Crippen molar-refractivity contribution in [3.8, 4) is 0 Å². The molecule has 1 unspecified atom stereocenters. The Morgan fingerprint density at radius 3 is 3.04 bits per heavy atom. The molecule has 3 aromatic rings. The van der Waals surface area contributed by atoms with Gasteiger partial charge in [0.25, 0.3) is 0 Å². The van der Waals surface area contributed by atoms with Crippen LogP contribution in [0.15, 0.2) is 47.1 Å². The lowest BCUT2D eigenvalue weighted by Crippen LogP contribution is -2.45. The van der Waals surface area contributed by atoms with E-state index >= 15 is 0 Å². The van der Waals surface area contributed by atoms with Crippen LogP contribution in [0.1, 0.15) is 6.92 Å². The molecule has 0 radical (unpaired) electrons. The fourth-order valence-corrected chi connectivity index (χ4v) is 4.62. The molecule has 1 N–H and O–H groups in total. The van der Waals surface area contributed by atoms with Crippen molar-refractivity contribution in [1.82, 2.24) is 9.97 Å². The Balaban J connectivity index is 1.61. The zero-order valence-corrected chi connectivity index (χ0v) is 14.9. The van der Waals surface area contributed by atoms with Gasteiger partial charge in [0.05, 0.1) is 26.8 Å². The lowest BCUT2D eigenvalue weighted by atomic mass is 10.2. The minimum atomic E-state index is -0.376. The molecule has 0 bridgehead atoms. The van der Waals surface area contributed by atoms with Gasteiger partial charge in [0.2, 0.25) is 11.8 Å². The zero-order valence-electron chi connectivity index (χ0n) is 13.3. The number of benzene rings is 1. The molecule has 126 valence electrons. The monoisotopic (exact) mass is 370 g/mol. The summed E-state index contributed by atoms with van der Waals surface area (Å²) < 4.78 is 0.976. The van der Waals surface area contributed by atoms with Gasteiger partial charge >= 0.3 is 0 Å². The number of carbonyl (C=O) groups excluding carboxylic acids is 2. The molecule has 0 spiro atoms. The molecular weight excluding hydrogens is 356 g/mol. The van der Waals surface area contributed by atoms with Gasteiger partial charge in [-0.2, -0.15) is 0 Å². The van der Waals surface area contributed by atoms with Crippen LogP contribution in [0.3, 0.4) is 0 Å². The van der Waals surface area contributed by atoms with E-state index in [9.17, 15) is 9.59 Å². The van der Waals surface area contributed by atoms with Gasteiger partial charge in [0.15, 0.2) is 0 Å². The molecule has 0 aliphatic carbocycles. The van der Waals surface area contributed by atoms with Crippen LogP contribution in [-0.4, -0.2) is 33.6 Å². The molecule has 4 rings (SSSR count). The highest BCUT2D eigenvalue weighted by molar-refractivity contribution is 8.00. The van der Waals surface area contributed by atoms with Gasteiger partial charge in [-0.1, -0.05) is 23.9 Å². The van der Waals surface area contributed by atoms with Gasteiger partial charge in [-0.25, -0.2) is 9.97 Å². The van der Waals surface area contributed by atoms with E-state index in [4.69, 9.17) is 0 Å². The fourth-order valence-electron chi connectivity index (χ4n) is 2.72. The molecule has 25 heavy (non-hydrogen) atoms. The third-order valence-corrected chi connectivity index (χ3v) is 6.01. The molecule has 1 aromatic carbocycles. The van der Waals surface area contributed by atoms with Crippen LogP contribution in [0.4, 0.5) is 11.4 Å². The van der Waals surface area contributed by atoms with Crippen molar-refractivity contribution < 1.29 is 9.59 Å². The second kappa shape index (κ2) is 6.45. The highest BCUT2D eigenvalue weighted by atomic mass is 32.2. The summed E-state index contributed by atoms with van der Waals surface area (Å²) in [5, 5.41) is 5.17. The number of para-hydroxylation sites is 2. The van der Waals surface area contributed by atoms with E-state index in [0.29, 0.717) is 5.69 Å². The maximum Gasteiger partial charge on any atom is 0.244 e. The Morgan fingerprint density at radius 2 is 2.16 bits per heavy atom. The predicted molar refractivity (Wildman–Crippen MR) is 100 cm³/mol. The van der Waals surface area contributed by atoms with Crippen molar-refractivity contribution in [2.75, 3.05) is 16.8 Å². The standard InChI is InChI=1S/C17H14N4O2S2/c1-10(25-16-15-12(6-7-24-15)18-9-19-16)17(23)21-8-14(22)20-11-4-2-3-5-13(11)21/h2-7,9-10H,8H2,1H3,(H,20,22). The largest absolute Gasteiger partial charge is 0.323 e. The molecule has 8 heteroatoms. The summed E-state index contributed by atoms with van der Waals surface area (Å²) >= 11 is 2.95. The number of nitrogens with one attached hydrogen (secondary N) is 1. The first kappa shape index (κ1) is 16.0. The van der Waals surface area contributed by atoms with E-state index in [1.54, 1.807) is 22.3 Å². The molecule has 1 aliphatic heterocycles. The Bertz CT molecular complexity index is 972. The van der Waals surface area contributed by atoms with E-state index in [1.165, 1.54) is 18.1 Å². The fraction of sp³-hybridized carbons (Fsp3) is 0.176. The lowest BCUT2D eigenvalue weighted by Gasteiger charge is -2.30. The van der Waals surface area contributed by atoms with Crippen molar-refractivity contribution in [1.29, 1.82) is 0 Å². The second-order valence-electron chi connectivity index (χ2n) is 5.56. The normalized spacial score (nSPS) is 14.9. The molecule has 2 amide bonds. The first-order chi connectivity index (χ1) is 12.1. The number of nitrogens with zero attached hydrogens (tertiary/aromatic N) is 3. The zero-order chi connectivity index (χ0) is 17.4. The van der Waals surface area contributed by atoms with Crippen LogP contribution >= 0.6 is 23.1 Å². The summed E-state index contributed by atoms with van der Waals surface area (Å²) in [5.41, 5.74) is 2.26. The second-order valence-corrected chi connectivity index (χ2v) is 7.81. The molecular formula is C17H14N4O2S2. The maximum atomic E-state index is 13.0. The Hall–Kier alpha value is -2.45. The van der Waals surface area contributed by atoms with Crippen molar-refractivity contribution in [3.63, 3.8) is 0 Å². The van der Waals surface area contributed by atoms with Crippen molar-refractivity contribution in [3.05, 3.63) is 42.0 Å². The highest BCUT2D eigenvalue weighted by Crippen LogP contribution is 2.34. The van der Waals surface area contributed by atoms with Crippen molar-refractivity contribution in [2.45, 2.75) is 17.2 Å². The highest BCUT2D eigenvalue weighted by Gasteiger charge is 2.30. The van der Waals surface area contributed by atoms with Gasteiger partial charge in [0.1, 0.15) is 17.9 Å². The molecule has 1 atom stereocenters. The summed E-state index contributed by atoms with van der Waals surface area (Å²) in [6.45, 7) is 1.86. The summed E-state index contributed by atoms with van der Waals surface area (Å²) in [6.07, 6.45) is 1.51. The average Bonchev–Trinajstić information content (AvgIpc) is 3.10. The van der Waals surface area contributed by atoms with Crippen LogP contribution in [0.2, 0.25) is 0 Å². The van der Waals surface area contributed by atoms with E-state index in [-0.39, 0.29) is 23.6 Å². The molecule has 1 aliphatic rings. The van der Waals surface area contributed by atoms with Crippen molar-refractivity contribution >= 4 is 56.5 Å². The van der Waals surface area contributed by atoms with Crippen molar-refractivity contribution in [2.24, 2.45) is 0 Å². The predicted octanol–water partition coefficient (Wildman–Crippen LogP) is 3.16. The van der Waals surface area contributed by atoms with E-state index in [2.05, 4.69) is 15.3 Å². The smallest absolute Gasteiger partial charge is 0.244 e. The summed E-state index contributed by atoms with van der Waals surface area (Å²) in [7, 11) is 0. The van der Waals surface area contributed by atoms with E-state index < -0.39 is 0 Å².